The molecule has 1 aliphatic rings. The number of halogens is 1. The average Bonchev–Trinajstić information content (AvgIpc) is 2.34. The van der Waals surface area contributed by atoms with Gasteiger partial charge in [0.05, 0.1) is 0 Å². The highest BCUT2D eigenvalue weighted by Crippen LogP contribution is 2.46. The van der Waals surface area contributed by atoms with Gasteiger partial charge in [-0.2, -0.15) is 0 Å². The number of rotatable bonds is 1. The summed E-state index contributed by atoms with van der Waals surface area (Å²) >= 11 is 0. The molecule has 0 heterocycles. The highest BCUT2D eigenvalue weighted by atomic mass is 19.1. The van der Waals surface area contributed by atoms with Crippen LogP contribution in [0.5, 0.6) is 0 Å². The van der Waals surface area contributed by atoms with Crippen LogP contribution in [0.2, 0.25) is 0 Å². The molecule has 1 nitrogen and oxygen atoms in total. The molecular weight excluding hydrogens is 177 g/mol. The summed E-state index contributed by atoms with van der Waals surface area (Å²) in [7, 11) is 0. The molecule has 0 amide bonds. The maximum absolute atomic E-state index is 13.1. The highest BCUT2D eigenvalue weighted by molar-refractivity contribution is 5.38. The fourth-order valence-corrected chi connectivity index (χ4v) is 2.53. The first kappa shape index (κ1) is 9.66. The van der Waals surface area contributed by atoms with Crippen LogP contribution in [0.15, 0.2) is 18.2 Å². The van der Waals surface area contributed by atoms with Crippen molar-refractivity contribution in [1.82, 2.24) is 0 Å². The van der Waals surface area contributed by atoms with Gasteiger partial charge in [0.25, 0.3) is 0 Å². The molecule has 1 aromatic carbocycles. The van der Waals surface area contributed by atoms with Gasteiger partial charge in [-0.15, -0.1) is 0 Å². The van der Waals surface area contributed by atoms with E-state index in [4.69, 9.17) is 5.73 Å². The van der Waals surface area contributed by atoms with Crippen molar-refractivity contribution in [3.8, 4) is 0 Å². The Bertz CT molecular complexity index is 357. The standard InChI is InChI=1S/C12H16FN/c1-12(2)6-8-3-4-9(13)5-10(8)11(12)7-14/h3-5,11H,6-7,14H2,1-2H3. The summed E-state index contributed by atoms with van der Waals surface area (Å²) < 4.78 is 13.1. The number of fused-ring (bicyclic) bond motifs is 1. The molecular formula is C12H16FN. The van der Waals surface area contributed by atoms with Crippen LogP contribution >= 0.6 is 0 Å². The fourth-order valence-electron chi connectivity index (χ4n) is 2.53. The first-order valence-corrected chi connectivity index (χ1v) is 5.03. The van der Waals surface area contributed by atoms with E-state index in [0.717, 1.165) is 12.0 Å². The van der Waals surface area contributed by atoms with E-state index >= 15 is 0 Å². The molecule has 1 atom stereocenters. The van der Waals surface area contributed by atoms with E-state index in [2.05, 4.69) is 13.8 Å². The Labute approximate surface area is 84.1 Å². The third-order valence-electron chi connectivity index (χ3n) is 3.31. The van der Waals surface area contributed by atoms with Crippen LogP contribution in [-0.2, 0) is 6.42 Å². The smallest absolute Gasteiger partial charge is 0.123 e. The Morgan fingerprint density at radius 3 is 2.86 bits per heavy atom. The number of hydrogen-bond acceptors (Lipinski definition) is 1. The summed E-state index contributed by atoms with van der Waals surface area (Å²) in [5.41, 5.74) is 8.29. The van der Waals surface area contributed by atoms with Crippen LogP contribution in [0.4, 0.5) is 4.39 Å². The van der Waals surface area contributed by atoms with Crippen LogP contribution in [0.1, 0.15) is 30.9 Å². The number of hydrogen-bond donors (Lipinski definition) is 1. The molecule has 0 aromatic heterocycles. The summed E-state index contributed by atoms with van der Waals surface area (Å²) in [5.74, 6) is 0.146. The van der Waals surface area contributed by atoms with Gasteiger partial charge in [-0.05, 0) is 41.6 Å². The van der Waals surface area contributed by atoms with Crippen molar-refractivity contribution >= 4 is 0 Å². The Morgan fingerprint density at radius 1 is 1.50 bits per heavy atom. The lowest BCUT2D eigenvalue weighted by atomic mass is 9.80. The largest absolute Gasteiger partial charge is 0.330 e. The predicted molar refractivity (Wildman–Crippen MR) is 55.7 cm³/mol. The lowest BCUT2D eigenvalue weighted by Crippen LogP contribution is -2.24. The van der Waals surface area contributed by atoms with Crippen molar-refractivity contribution in [3.63, 3.8) is 0 Å². The van der Waals surface area contributed by atoms with Crippen molar-refractivity contribution < 1.29 is 4.39 Å². The zero-order chi connectivity index (χ0) is 10.3. The highest BCUT2D eigenvalue weighted by Gasteiger charge is 2.37. The third-order valence-corrected chi connectivity index (χ3v) is 3.31. The molecule has 0 radical (unpaired) electrons. The Kier molecular flexibility index (Phi) is 2.11. The van der Waals surface area contributed by atoms with Gasteiger partial charge in [-0.25, -0.2) is 4.39 Å². The molecule has 76 valence electrons. The van der Waals surface area contributed by atoms with Gasteiger partial charge in [0, 0.05) is 5.92 Å². The van der Waals surface area contributed by atoms with Gasteiger partial charge < -0.3 is 5.73 Å². The molecule has 14 heavy (non-hydrogen) atoms. The van der Waals surface area contributed by atoms with Crippen LogP contribution in [0, 0.1) is 11.2 Å². The van der Waals surface area contributed by atoms with Crippen molar-refractivity contribution in [1.29, 1.82) is 0 Å². The van der Waals surface area contributed by atoms with E-state index in [1.807, 2.05) is 6.07 Å². The molecule has 1 aliphatic carbocycles. The summed E-state index contributed by atoms with van der Waals surface area (Å²) in [6, 6.07) is 5.07. The van der Waals surface area contributed by atoms with Gasteiger partial charge in [-0.3, -0.25) is 0 Å². The van der Waals surface area contributed by atoms with E-state index in [0.29, 0.717) is 12.5 Å². The second-order valence-corrected chi connectivity index (χ2v) is 4.80. The van der Waals surface area contributed by atoms with E-state index < -0.39 is 0 Å². The van der Waals surface area contributed by atoms with Crippen molar-refractivity contribution in [2.24, 2.45) is 11.1 Å². The molecule has 0 fully saturated rings. The average molecular weight is 193 g/mol. The van der Waals surface area contributed by atoms with Crippen molar-refractivity contribution in [2.45, 2.75) is 26.2 Å². The lowest BCUT2D eigenvalue weighted by Gasteiger charge is -2.26. The molecule has 1 aromatic rings. The van der Waals surface area contributed by atoms with Crippen molar-refractivity contribution in [3.05, 3.63) is 35.1 Å². The van der Waals surface area contributed by atoms with Gasteiger partial charge in [0.2, 0.25) is 0 Å². The minimum atomic E-state index is -0.153. The topological polar surface area (TPSA) is 26.0 Å². The van der Waals surface area contributed by atoms with Crippen molar-refractivity contribution in [2.75, 3.05) is 6.54 Å². The van der Waals surface area contributed by atoms with E-state index in [9.17, 15) is 4.39 Å². The lowest BCUT2D eigenvalue weighted by molar-refractivity contribution is 0.317. The zero-order valence-corrected chi connectivity index (χ0v) is 8.68. The summed E-state index contributed by atoms with van der Waals surface area (Å²) in [6.45, 7) is 4.99. The minimum absolute atomic E-state index is 0.153. The number of nitrogens with two attached hydrogens (primary N) is 1. The molecule has 2 N–H and O–H groups in total. The summed E-state index contributed by atoms with van der Waals surface area (Å²) in [6.07, 6.45) is 1.00. The van der Waals surface area contributed by atoms with Crippen LogP contribution in [-0.4, -0.2) is 6.54 Å². The van der Waals surface area contributed by atoms with E-state index in [1.165, 1.54) is 11.6 Å². The van der Waals surface area contributed by atoms with Crippen LogP contribution in [0.25, 0.3) is 0 Å². The van der Waals surface area contributed by atoms with Gasteiger partial charge in [-0.1, -0.05) is 19.9 Å². The second kappa shape index (κ2) is 3.06. The first-order valence-electron chi connectivity index (χ1n) is 5.03. The SMILES string of the molecule is CC1(C)Cc2ccc(F)cc2C1CN. The quantitative estimate of drug-likeness (QED) is 0.728. The molecule has 1 unspecified atom stereocenters. The Balaban J connectivity index is 2.49. The van der Waals surface area contributed by atoms with Gasteiger partial charge in [0.15, 0.2) is 0 Å². The summed E-state index contributed by atoms with van der Waals surface area (Å²) in [4.78, 5) is 0. The fraction of sp³-hybridized carbons (Fsp3) is 0.500. The van der Waals surface area contributed by atoms with Crippen LogP contribution < -0.4 is 5.73 Å². The Hall–Kier alpha value is -0.890. The molecule has 0 saturated carbocycles. The monoisotopic (exact) mass is 193 g/mol. The molecule has 2 rings (SSSR count). The molecule has 0 spiro atoms. The van der Waals surface area contributed by atoms with E-state index in [1.54, 1.807) is 6.07 Å². The van der Waals surface area contributed by atoms with Crippen LogP contribution in [0.3, 0.4) is 0 Å². The van der Waals surface area contributed by atoms with E-state index in [-0.39, 0.29) is 11.2 Å². The molecule has 0 aliphatic heterocycles. The van der Waals surface area contributed by atoms with Gasteiger partial charge >= 0.3 is 0 Å². The second-order valence-electron chi connectivity index (χ2n) is 4.80. The normalized spacial score (nSPS) is 23.6. The Morgan fingerprint density at radius 2 is 2.21 bits per heavy atom. The summed E-state index contributed by atoms with van der Waals surface area (Å²) in [5, 5.41) is 0. The molecule has 0 bridgehead atoms. The zero-order valence-electron chi connectivity index (χ0n) is 8.68. The third kappa shape index (κ3) is 1.34. The molecule has 0 saturated heterocycles. The first-order chi connectivity index (χ1) is 6.54. The maximum atomic E-state index is 13.1. The molecule has 2 heteroatoms. The maximum Gasteiger partial charge on any atom is 0.123 e. The van der Waals surface area contributed by atoms with Gasteiger partial charge in [0.1, 0.15) is 5.82 Å². The minimum Gasteiger partial charge on any atom is -0.330 e. The number of benzene rings is 1. The predicted octanol–water partition coefficient (Wildman–Crippen LogP) is 2.45.